The van der Waals surface area contributed by atoms with Gasteiger partial charge >= 0.3 is 0 Å². The van der Waals surface area contributed by atoms with Gasteiger partial charge in [0, 0.05) is 26.1 Å². The van der Waals surface area contributed by atoms with E-state index in [2.05, 4.69) is 22.8 Å². The van der Waals surface area contributed by atoms with Crippen molar-refractivity contribution in [1.29, 1.82) is 0 Å². The van der Waals surface area contributed by atoms with Gasteiger partial charge in [0.1, 0.15) is 0 Å². The summed E-state index contributed by atoms with van der Waals surface area (Å²) in [7, 11) is 1.43. The number of nitrogens with one attached hydrogen (secondary N) is 2. The highest BCUT2D eigenvalue weighted by atomic mass is 19.1. The Kier molecular flexibility index (Phi) is 5.11. The van der Waals surface area contributed by atoms with E-state index in [0.717, 1.165) is 24.2 Å². The number of carbonyl (C=O) groups is 1. The summed E-state index contributed by atoms with van der Waals surface area (Å²) in [6.45, 7) is 2.32. The highest BCUT2D eigenvalue weighted by Crippen LogP contribution is 2.19. The van der Waals surface area contributed by atoms with Crippen LogP contribution in [0.15, 0.2) is 36.4 Å². The van der Waals surface area contributed by atoms with E-state index in [1.54, 1.807) is 12.1 Å². The van der Waals surface area contributed by atoms with Crippen molar-refractivity contribution in [3.8, 4) is 5.75 Å². The molecule has 0 fully saturated rings. The van der Waals surface area contributed by atoms with Crippen LogP contribution in [0.1, 0.15) is 28.7 Å². The lowest BCUT2D eigenvalue weighted by atomic mass is 10.1. The van der Waals surface area contributed by atoms with Crippen molar-refractivity contribution in [1.82, 2.24) is 10.6 Å². The number of hydrogen-bond acceptors (Lipinski definition) is 3. The van der Waals surface area contributed by atoms with Crippen LogP contribution in [0.4, 0.5) is 4.39 Å². The van der Waals surface area contributed by atoms with Crippen molar-refractivity contribution in [3.63, 3.8) is 0 Å². The van der Waals surface area contributed by atoms with Crippen LogP contribution >= 0.6 is 0 Å². The van der Waals surface area contributed by atoms with Gasteiger partial charge in [-0.15, -0.1) is 0 Å². The van der Waals surface area contributed by atoms with Gasteiger partial charge in [-0.3, -0.25) is 4.79 Å². The number of hydrogen-bond donors (Lipinski definition) is 2. The van der Waals surface area contributed by atoms with Crippen LogP contribution in [0.5, 0.6) is 5.75 Å². The van der Waals surface area contributed by atoms with E-state index in [-0.39, 0.29) is 11.7 Å². The molecule has 1 amide bonds. The largest absolute Gasteiger partial charge is 0.494 e. The second-order valence-electron chi connectivity index (χ2n) is 5.95. The predicted molar refractivity (Wildman–Crippen MR) is 90.1 cm³/mol. The summed E-state index contributed by atoms with van der Waals surface area (Å²) >= 11 is 0. The number of halogens is 1. The quantitative estimate of drug-likeness (QED) is 0.857. The summed E-state index contributed by atoms with van der Waals surface area (Å²) in [6, 6.07) is 11.1. The van der Waals surface area contributed by atoms with E-state index in [4.69, 9.17) is 4.74 Å². The normalized spacial score (nSPS) is 12.8. The Morgan fingerprint density at radius 1 is 1.17 bits per heavy atom. The van der Waals surface area contributed by atoms with E-state index in [1.807, 2.05) is 6.07 Å². The van der Waals surface area contributed by atoms with Gasteiger partial charge < -0.3 is 15.4 Å². The molecule has 3 rings (SSSR count). The van der Waals surface area contributed by atoms with Gasteiger partial charge in [-0.05, 0) is 40.8 Å². The molecule has 4 nitrogen and oxygen atoms in total. The second kappa shape index (κ2) is 7.45. The van der Waals surface area contributed by atoms with Crippen molar-refractivity contribution in [2.45, 2.75) is 32.5 Å². The van der Waals surface area contributed by atoms with Gasteiger partial charge in [-0.25, -0.2) is 4.39 Å². The number of ether oxygens (including phenoxy) is 1. The number of rotatable bonds is 6. The molecule has 1 heterocycles. The molecule has 0 saturated carbocycles. The monoisotopic (exact) mass is 328 g/mol. The summed E-state index contributed by atoms with van der Waals surface area (Å²) < 4.78 is 18.5. The number of carbonyl (C=O) groups excluding carboxylic acids is 1. The summed E-state index contributed by atoms with van der Waals surface area (Å²) in [5, 5.41) is 6.22. The van der Waals surface area contributed by atoms with Crippen LogP contribution in [0.25, 0.3) is 0 Å². The third-order valence-electron chi connectivity index (χ3n) is 4.25. The van der Waals surface area contributed by atoms with Crippen LogP contribution < -0.4 is 15.4 Å². The lowest BCUT2D eigenvalue weighted by Gasteiger charge is -2.08. The minimum Gasteiger partial charge on any atom is -0.494 e. The first-order chi connectivity index (χ1) is 11.7. The first-order valence-corrected chi connectivity index (χ1v) is 8.06. The van der Waals surface area contributed by atoms with Gasteiger partial charge in [0.25, 0.3) is 0 Å². The Morgan fingerprint density at radius 2 is 1.96 bits per heavy atom. The molecule has 0 atom stereocenters. The Morgan fingerprint density at radius 3 is 2.75 bits per heavy atom. The maximum Gasteiger partial charge on any atom is 0.220 e. The minimum atomic E-state index is -0.401. The number of methoxy groups -OCH3 is 1. The molecule has 0 saturated heterocycles. The number of aryl methyl sites for hydroxylation is 1. The third-order valence-corrected chi connectivity index (χ3v) is 4.25. The average Bonchev–Trinajstić information content (AvgIpc) is 3.06. The van der Waals surface area contributed by atoms with Crippen LogP contribution in [0, 0.1) is 5.82 Å². The Bertz CT molecular complexity index is 746. The average molecular weight is 328 g/mol. The zero-order chi connectivity index (χ0) is 16.9. The molecule has 2 aromatic rings. The molecule has 2 N–H and O–H groups in total. The second-order valence-corrected chi connectivity index (χ2v) is 5.95. The zero-order valence-electron chi connectivity index (χ0n) is 13.7. The molecule has 2 aromatic carbocycles. The molecule has 0 radical (unpaired) electrons. The lowest BCUT2D eigenvalue weighted by Crippen LogP contribution is -2.23. The smallest absolute Gasteiger partial charge is 0.220 e. The van der Waals surface area contributed by atoms with E-state index in [1.165, 1.54) is 24.3 Å². The summed E-state index contributed by atoms with van der Waals surface area (Å²) in [4.78, 5) is 12.0. The van der Waals surface area contributed by atoms with E-state index >= 15 is 0 Å². The SMILES string of the molecule is COc1ccc(CCC(=O)NCc2ccc3c(c2)CNC3)cc1F. The van der Waals surface area contributed by atoms with Gasteiger partial charge in [0.15, 0.2) is 11.6 Å². The van der Waals surface area contributed by atoms with Crippen molar-refractivity contribution in [3.05, 3.63) is 64.5 Å². The zero-order valence-corrected chi connectivity index (χ0v) is 13.7. The van der Waals surface area contributed by atoms with Crippen LogP contribution in [0.2, 0.25) is 0 Å². The van der Waals surface area contributed by atoms with E-state index < -0.39 is 5.82 Å². The Balaban J connectivity index is 1.48. The van der Waals surface area contributed by atoms with Crippen LogP contribution in [-0.2, 0) is 30.8 Å². The van der Waals surface area contributed by atoms with Crippen LogP contribution in [0.3, 0.4) is 0 Å². The van der Waals surface area contributed by atoms with Crippen LogP contribution in [-0.4, -0.2) is 13.0 Å². The van der Waals surface area contributed by atoms with Crippen molar-refractivity contribution in [2.75, 3.05) is 7.11 Å². The molecule has 0 aliphatic carbocycles. The molecule has 1 aliphatic rings. The molecule has 1 aliphatic heterocycles. The minimum absolute atomic E-state index is 0.0372. The van der Waals surface area contributed by atoms with Gasteiger partial charge in [-0.2, -0.15) is 0 Å². The first-order valence-electron chi connectivity index (χ1n) is 8.06. The molecule has 0 bridgehead atoms. The van der Waals surface area contributed by atoms with Gasteiger partial charge in [0.2, 0.25) is 5.91 Å². The molecule has 5 heteroatoms. The maximum atomic E-state index is 13.6. The number of amides is 1. The first kappa shape index (κ1) is 16.5. The van der Waals surface area contributed by atoms with Crippen molar-refractivity contribution in [2.24, 2.45) is 0 Å². The summed E-state index contributed by atoms with van der Waals surface area (Å²) in [5.74, 6) is -0.221. The fraction of sp³-hybridized carbons (Fsp3) is 0.316. The molecule has 0 unspecified atom stereocenters. The molecular formula is C19H21FN2O2. The number of fused-ring (bicyclic) bond motifs is 1. The van der Waals surface area contributed by atoms with Gasteiger partial charge in [0.05, 0.1) is 7.11 Å². The fourth-order valence-electron chi connectivity index (χ4n) is 2.87. The lowest BCUT2D eigenvalue weighted by molar-refractivity contribution is -0.121. The highest BCUT2D eigenvalue weighted by molar-refractivity contribution is 5.76. The topological polar surface area (TPSA) is 50.4 Å². The highest BCUT2D eigenvalue weighted by Gasteiger charge is 2.11. The Labute approximate surface area is 141 Å². The molecule has 126 valence electrons. The molecule has 0 aromatic heterocycles. The molecule has 0 spiro atoms. The van der Waals surface area contributed by atoms with E-state index in [9.17, 15) is 9.18 Å². The summed E-state index contributed by atoms with van der Waals surface area (Å²) in [5.41, 5.74) is 4.51. The number of benzene rings is 2. The molecule has 24 heavy (non-hydrogen) atoms. The Hall–Kier alpha value is -2.40. The van der Waals surface area contributed by atoms with Crippen molar-refractivity contribution < 1.29 is 13.9 Å². The van der Waals surface area contributed by atoms with E-state index in [0.29, 0.717) is 19.4 Å². The fourth-order valence-corrected chi connectivity index (χ4v) is 2.87. The van der Waals surface area contributed by atoms with Gasteiger partial charge in [-0.1, -0.05) is 24.3 Å². The third kappa shape index (κ3) is 3.92. The standard InChI is InChI=1S/C19H21FN2O2/c1-24-18-6-3-13(9-17(18)20)4-7-19(23)22-10-14-2-5-15-11-21-12-16(15)8-14/h2-3,5-6,8-9,21H,4,7,10-12H2,1H3,(H,22,23). The predicted octanol–water partition coefficient (Wildman–Crippen LogP) is 2.69. The maximum absolute atomic E-state index is 13.6. The summed E-state index contributed by atoms with van der Waals surface area (Å²) in [6.07, 6.45) is 0.832. The molecular weight excluding hydrogens is 307 g/mol. The van der Waals surface area contributed by atoms with Crippen molar-refractivity contribution >= 4 is 5.91 Å².